The second kappa shape index (κ2) is 28.5. The number of benzene rings is 18. The molecule has 0 radical (unpaired) electrons. The number of fused-ring (bicyclic) bond motifs is 18. The van der Waals surface area contributed by atoms with Crippen LogP contribution in [-0.2, 0) is 10.8 Å². The maximum absolute atomic E-state index is 9.57. The van der Waals surface area contributed by atoms with E-state index < -0.39 is 0 Å². The first-order chi connectivity index (χ1) is 62.8. The minimum absolute atomic E-state index is 0.139. The third-order valence-corrected chi connectivity index (χ3v) is 28.2. The molecule has 0 unspecified atom stereocenters. The third-order valence-electron chi connectivity index (χ3n) is 27.1. The van der Waals surface area contributed by atoms with Crippen molar-refractivity contribution in [2.75, 3.05) is 0 Å². The Morgan fingerprint density at radius 2 is 0.516 bits per heavy atom. The van der Waals surface area contributed by atoms with Crippen molar-refractivity contribution in [3.05, 3.63) is 397 Å². The molecule has 10 heteroatoms. The second-order valence-corrected chi connectivity index (χ2v) is 36.0. The summed E-state index contributed by atoms with van der Waals surface area (Å²) in [7, 11) is 0. The molecular weight excluding hydrogens is 1580 g/mol. The molecule has 4 heterocycles. The van der Waals surface area contributed by atoms with E-state index in [0.717, 1.165) is 88.7 Å². The van der Waals surface area contributed by atoms with Gasteiger partial charge in [-0.25, -0.2) is 29.9 Å². The van der Waals surface area contributed by atoms with Crippen molar-refractivity contribution < 1.29 is 4.42 Å². The molecule has 22 aromatic rings. The van der Waals surface area contributed by atoms with Crippen LogP contribution in [0.3, 0.4) is 0 Å². The third kappa shape index (κ3) is 11.6. The molecule has 26 rings (SSSR count). The van der Waals surface area contributed by atoms with Crippen LogP contribution in [-0.4, -0.2) is 29.9 Å². The molecule has 0 atom stereocenters. The Balaban J connectivity index is 0.000000139. The normalized spacial score (nSPS) is 13.0. The molecule has 0 amide bonds. The number of furan rings is 1. The van der Waals surface area contributed by atoms with Crippen LogP contribution in [0.2, 0.25) is 0 Å². The fourth-order valence-electron chi connectivity index (χ4n) is 20.8. The van der Waals surface area contributed by atoms with Gasteiger partial charge in [-0.15, -0.1) is 11.3 Å². The second-order valence-electron chi connectivity index (χ2n) is 34.9. The van der Waals surface area contributed by atoms with Gasteiger partial charge in [-0.1, -0.05) is 319 Å². The summed E-state index contributed by atoms with van der Waals surface area (Å²) in [5.74, 6) is 3.79. The molecule has 0 saturated heterocycles. The number of nitrogens with zero attached hydrogens (tertiary/aromatic N) is 8. The van der Waals surface area contributed by atoms with Crippen molar-refractivity contribution >= 4 is 75.0 Å². The molecule has 4 aliphatic rings. The van der Waals surface area contributed by atoms with Crippen molar-refractivity contribution in [2.24, 2.45) is 0 Å². The van der Waals surface area contributed by atoms with Crippen molar-refractivity contribution in [2.45, 2.75) is 38.5 Å². The SMILES string of the molecule is CC1(C)c2ccccc2-c2ccc(-c3nc(-c4ccccc4)nc(-c4ccc5c(c4)oc4ccc(-c6ccc7c8c(ccc(-c9ccc(C#N)cc9)c68)-c6ccccc6-7)cc45)n3)cc21.CC1(C)c2ccccc2-c2ccc(-c3nc(-c4ccccc4)nc(-c4ccc5c(c4)sc4cc(-c6ccc7c8c(ccc(-c9ccc(C#N)cc9)c68)-c6ccccc6-7)ccc45)n3)cc21. The van der Waals surface area contributed by atoms with Gasteiger partial charge in [-0.3, -0.25) is 0 Å². The summed E-state index contributed by atoms with van der Waals surface area (Å²) in [4.78, 5) is 30.8. The van der Waals surface area contributed by atoms with Crippen LogP contribution in [0.25, 0.3) is 243 Å². The average molecular weight is 1650 g/mol. The molecule has 0 N–H and O–H groups in total. The summed E-state index contributed by atoms with van der Waals surface area (Å²) >= 11 is 1.80. The highest BCUT2D eigenvalue weighted by molar-refractivity contribution is 7.25. The highest BCUT2D eigenvalue weighted by Crippen LogP contribution is 2.57. The number of thiophene rings is 1. The van der Waals surface area contributed by atoms with Crippen LogP contribution < -0.4 is 0 Å². The van der Waals surface area contributed by atoms with Gasteiger partial charge in [0.2, 0.25) is 0 Å². The fourth-order valence-corrected chi connectivity index (χ4v) is 21.9. The van der Waals surface area contributed by atoms with Gasteiger partial charge in [0.15, 0.2) is 34.9 Å². The van der Waals surface area contributed by atoms with Crippen LogP contribution >= 0.6 is 11.3 Å². The summed E-state index contributed by atoms with van der Waals surface area (Å²) in [6.45, 7) is 9.20. The van der Waals surface area contributed by atoms with Gasteiger partial charge in [-0.05, 0) is 228 Å². The number of hydrogen-bond acceptors (Lipinski definition) is 10. The number of hydrogen-bond donors (Lipinski definition) is 0. The number of rotatable bonds is 10. The maximum atomic E-state index is 9.57. The molecule has 18 aromatic carbocycles. The topological polar surface area (TPSA) is 138 Å². The lowest BCUT2D eigenvalue weighted by atomic mass is 9.82. The number of aromatic nitrogens is 6. The standard InChI is InChI=1S/C59H36N4O.C59H36N4S/c1-59(2)50-15-9-8-14-44(50)45-23-20-38(31-51(45)59)57-61-56(36-10-4-3-5-11-36)62-58(63-57)39-21-24-46-49-30-37(22-29-52(49)64-53(46)32-39)41-26-28-48-43-13-7-6-12-42(43)47-27-25-40(54(41)55(47)48)35-18-16-34(33-60)17-19-35;1-59(2)50-15-9-8-14-44(50)45-23-21-38(30-51(45)59)57-61-56(36-10-4-3-5-11-36)62-58(63-57)39-22-25-47-46-24-20-37(31-52(46)64-53(47)32-39)41-27-29-49-43-13-7-6-12-42(43)48-28-26-40(54(41)55(48)49)35-18-16-34(33-60)17-19-35/h2*3-32H,1-2H3. The summed E-state index contributed by atoms with van der Waals surface area (Å²) in [6, 6.07) is 133. The van der Waals surface area contributed by atoms with Crippen molar-refractivity contribution in [1.29, 1.82) is 10.5 Å². The molecule has 4 aromatic heterocycles. The quantitative estimate of drug-likeness (QED) is 0.131. The van der Waals surface area contributed by atoms with Gasteiger partial charge in [0, 0.05) is 75.2 Å². The van der Waals surface area contributed by atoms with Gasteiger partial charge in [0.25, 0.3) is 0 Å². The lowest BCUT2D eigenvalue weighted by molar-refractivity contribution is 0.660. The highest BCUT2D eigenvalue weighted by Gasteiger charge is 2.38. The first-order valence-corrected chi connectivity index (χ1v) is 44.1. The zero-order valence-corrected chi connectivity index (χ0v) is 70.9. The molecule has 4 aliphatic carbocycles. The van der Waals surface area contributed by atoms with Crippen molar-refractivity contribution in [3.8, 4) is 192 Å². The molecular formula is C118H72N8OS. The Morgan fingerprint density at radius 3 is 0.945 bits per heavy atom. The van der Waals surface area contributed by atoms with E-state index in [1.54, 1.807) is 11.3 Å². The predicted molar refractivity (Wildman–Crippen MR) is 523 cm³/mol. The van der Waals surface area contributed by atoms with Crippen LogP contribution in [0.1, 0.15) is 61.1 Å². The Hall–Kier alpha value is -16.5. The van der Waals surface area contributed by atoms with E-state index in [9.17, 15) is 10.5 Å². The smallest absolute Gasteiger partial charge is 0.164 e. The Kier molecular flexibility index (Phi) is 16.5. The van der Waals surface area contributed by atoms with E-state index in [2.05, 4.69) is 331 Å². The van der Waals surface area contributed by atoms with E-state index in [1.165, 1.54) is 142 Å². The van der Waals surface area contributed by atoms with Gasteiger partial charge >= 0.3 is 0 Å². The minimum atomic E-state index is -0.153. The van der Waals surface area contributed by atoms with Crippen molar-refractivity contribution in [3.63, 3.8) is 0 Å². The average Bonchev–Trinajstić information content (AvgIpc) is 1.52. The maximum Gasteiger partial charge on any atom is 0.164 e. The largest absolute Gasteiger partial charge is 0.456 e. The molecule has 0 fully saturated rings. The predicted octanol–water partition coefficient (Wildman–Crippen LogP) is 30.6. The van der Waals surface area contributed by atoms with E-state index in [4.69, 9.17) is 34.3 Å². The zero-order chi connectivity index (χ0) is 85.4. The molecule has 596 valence electrons. The molecule has 9 nitrogen and oxygen atoms in total. The minimum Gasteiger partial charge on any atom is -0.456 e. The molecule has 0 aliphatic heterocycles. The first-order valence-electron chi connectivity index (χ1n) is 43.3. The Labute approximate surface area is 742 Å². The molecule has 0 spiro atoms. The number of nitriles is 2. The van der Waals surface area contributed by atoms with E-state index >= 15 is 0 Å². The van der Waals surface area contributed by atoms with E-state index in [-0.39, 0.29) is 10.8 Å². The highest BCUT2D eigenvalue weighted by atomic mass is 32.1. The van der Waals surface area contributed by atoms with E-state index in [1.807, 2.05) is 72.8 Å². The monoisotopic (exact) mass is 1650 g/mol. The molecule has 0 bridgehead atoms. The zero-order valence-electron chi connectivity index (χ0n) is 70.0. The van der Waals surface area contributed by atoms with Gasteiger partial charge in [-0.2, -0.15) is 10.5 Å². The fraction of sp³-hybridized carbons (Fsp3) is 0.0508. The lowest BCUT2D eigenvalue weighted by Crippen LogP contribution is -2.15. The van der Waals surface area contributed by atoms with Crippen LogP contribution in [0.4, 0.5) is 0 Å². The van der Waals surface area contributed by atoms with Crippen LogP contribution in [0.5, 0.6) is 0 Å². The molecule has 128 heavy (non-hydrogen) atoms. The van der Waals surface area contributed by atoms with Gasteiger partial charge < -0.3 is 4.42 Å². The Bertz CT molecular complexity index is 8380. The van der Waals surface area contributed by atoms with Crippen LogP contribution in [0, 0.1) is 22.7 Å². The summed E-state index contributed by atoms with van der Waals surface area (Å²) in [6.07, 6.45) is 0. The van der Waals surface area contributed by atoms with E-state index in [0.29, 0.717) is 46.1 Å². The van der Waals surface area contributed by atoms with Crippen LogP contribution in [0.15, 0.2) is 368 Å². The molecule has 0 saturated carbocycles. The summed E-state index contributed by atoms with van der Waals surface area (Å²) in [5, 5.41) is 28.6. The van der Waals surface area contributed by atoms with Crippen molar-refractivity contribution in [1.82, 2.24) is 29.9 Å². The first kappa shape index (κ1) is 74.2. The van der Waals surface area contributed by atoms with Gasteiger partial charge in [0.1, 0.15) is 11.2 Å². The van der Waals surface area contributed by atoms with Gasteiger partial charge in [0.05, 0.1) is 23.3 Å². The Morgan fingerprint density at radius 1 is 0.219 bits per heavy atom. The summed E-state index contributed by atoms with van der Waals surface area (Å²) in [5.41, 5.74) is 37.6. The summed E-state index contributed by atoms with van der Waals surface area (Å²) < 4.78 is 9.04. The lowest BCUT2D eigenvalue weighted by Gasteiger charge is -2.21.